The Bertz CT molecular complexity index is 1300. The largest absolute Gasteiger partial charge is 0.480 e. The third-order valence-corrected chi connectivity index (χ3v) is 6.72. The summed E-state index contributed by atoms with van der Waals surface area (Å²) in [6.07, 6.45) is 2.63. The van der Waals surface area contributed by atoms with Crippen molar-refractivity contribution >= 4 is 46.8 Å². The number of hydrogen-bond acceptors (Lipinski definition) is 7. The molecule has 0 saturated carbocycles. The molecule has 192 valence electrons. The second-order valence-electron chi connectivity index (χ2n) is 8.83. The fourth-order valence-electron chi connectivity index (χ4n) is 4.77. The average Bonchev–Trinajstić information content (AvgIpc) is 3.19. The van der Waals surface area contributed by atoms with Gasteiger partial charge in [0.2, 0.25) is 6.41 Å². The molecule has 1 aliphatic rings. The summed E-state index contributed by atoms with van der Waals surface area (Å²) in [7, 11) is 1.94. The Balaban J connectivity index is 1.74. The van der Waals surface area contributed by atoms with Crippen molar-refractivity contribution in [3.05, 3.63) is 71.9 Å². The molecule has 1 amide bonds. The normalized spacial score (nSPS) is 15.2. The number of pyridine rings is 1. The van der Waals surface area contributed by atoms with Gasteiger partial charge in [-0.3, -0.25) is 15.1 Å². The zero-order valence-electron chi connectivity index (χ0n) is 21.0. The van der Waals surface area contributed by atoms with Crippen LogP contribution in [0, 0.1) is 5.41 Å². The maximum Gasteiger partial charge on any atom is 0.326 e. The van der Waals surface area contributed by atoms with Gasteiger partial charge in [0.05, 0.1) is 23.6 Å². The van der Waals surface area contributed by atoms with Gasteiger partial charge in [-0.2, -0.15) is 0 Å². The van der Waals surface area contributed by atoms with Crippen LogP contribution in [0.25, 0.3) is 0 Å². The summed E-state index contributed by atoms with van der Waals surface area (Å²) < 4.78 is 0. The number of nitrogens with one attached hydrogen (secondary N) is 2. The van der Waals surface area contributed by atoms with Crippen LogP contribution >= 0.6 is 0 Å². The topological polar surface area (TPSA) is 139 Å². The average molecular weight is 502 g/mol. The number of nitrogen functional groups attached to an aromatic ring is 1. The summed E-state index contributed by atoms with van der Waals surface area (Å²) in [6.45, 7) is 4.09. The lowest BCUT2D eigenvalue weighted by atomic mass is 10.0. The molecule has 0 aliphatic carbocycles. The van der Waals surface area contributed by atoms with E-state index in [0.29, 0.717) is 30.0 Å². The standard InChI is InChI=1S/C27H31N7O3/c1-4-20-21(33(16-35)23-7-5-6-14-30-23)12-13-22-25(20)34(17(2)27(36)37)24(32(22)3)15-31-19-10-8-18(9-11-19)26(28)29/h5-14,16-17,24,31H,4,15H2,1-3H3,(H3,28,29)(H,36,37). The van der Waals surface area contributed by atoms with E-state index < -0.39 is 12.0 Å². The van der Waals surface area contributed by atoms with E-state index in [9.17, 15) is 14.7 Å². The number of aromatic nitrogens is 1. The molecular weight excluding hydrogens is 470 g/mol. The summed E-state index contributed by atoms with van der Waals surface area (Å²) in [5, 5.41) is 21.0. The van der Waals surface area contributed by atoms with Crippen LogP contribution < -0.4 is 25.8 Å². The number of amides is 1. The molecule has 5 N–H and O–H groups in total. The third kappa shape index (κ3) is 4.77. The van der Waals surface area contributed by atoms with Crippen LogP contribution in [0.3, 0.4) is 0 Å². The molecule has 2 aromatic carbocycles. The Morgan fingerprint density at radius 3 is 2.54 bits per heavy atom. The second kappa shape index (κ2) is 10.6. The number of anilines is 5. The lowest BCUT2D eigenvalue weighted by molar-refractivity contribution is -0.138. The smallest absolute Gasteiger partial charge is 0.326 e. The Labute approximate surface area is 215 Å². The lowest BCUT2D eigenvalue weighted by Gasteiger charge is -2.34. The third-order valence-electron chi connectivity index (χ3n) is 6.72. The van der Waals surface area contributed by atoms with Crippen LogP contribution in [0.2, 0.25) is 0 Å². The van der Waals surface area contributed by atoms with Crippen molar-refractivity contribution in [3.8, 4) is 0 Å². The van der Waals surface area contributed by atoms with E-state index in [-0.39, 0.29) is 12.0 Å². The van der Waals surface area contributed by atoms with Gasteiger partial charge in [0.15, 0.2) is 0 Å². The van der Waals surface area contributed by atoms with E-state index >= 15 is 0 Å². The first-order valence-electron chi connectivity index (χ1n) is 12.0. The highest BCUT2D eigenvalue weighted by molar-refractivity contribution is 5.96. The Morgan fingerprint density at radius 2 is 1.97 bits per heavy atom. The summed E-state index contributed by atoms with van der Waals surface area (Å²) in [6, 6.07) is 15.6. The maximum absolute atomic E-state index is 12.2. The number of carbonyl (C=O) groups excluding carboxylic acids is 1. The van der Waals surface area contributed by atoms with Crippen LogP contribution in [0.1, 0.15) is 25.0 Å². The van der Waals surface area contributed by atoms with E-state index in [1.807, 2.05) is 49.2 Å². The summed E-state index contributed by atoms with van der Waals surface area (Å²) in [5.41, 5.74) is 10.2. The molecule has 2 heterocycles. The van der Waals surface area contributed by atoms with Gasteiger partial charge in [0.1, 0.15) is 23.9 Å². The fraction of sp³-hybridized carbons (Fsp3) is 0.259. The van der Waals surface area contributed by atoms with Crippen LogP contribution in [0.5, 0.6) is 0 Å². The van der Waals surface area contributed by atoms with Crippen LogP contribution in [0.15, 0.2) is 60.8 Å². The molecule has 3 aromatic rings. The van der Waals surface area contributed by atoms with Gasteiger partial charge in [0, 0.05) is 30.1 Å². The first-order chi connectivity index (χ1) is 17.8. The number of rotatable bonds is 10. The minimum absolute atomic E-state index is 0.00282. The molecule has 0 spiro atoms. The van der Waals surface area contributed by atoms with Crippen LogP contribution in [-0.2, 0) is 16.0 Å². The number of benzene rings is 2. The zero-order chi connectivity index (χ0) is 26.7. The number of nitrogens with zero attached hydrogens (tertiary/aromatic N) is 4. The molecule has 10 heteroatoms. The Morgan fingerprint density at radius 1 is 1.24 bits per heavy atom. The lowest BCUT2D eigenvalue weighted by Crippen LogP contribution is -2.52. The summed E-state index contributed by atoms with van der Waals surface area (Å²) in [4.78, 5) is 34.2. The van der Waals surface area contributed by atoms with Gasteiger partial charge in [-0.1, -0.05) is 13.0 Å². The molecule has 1 aliphatic heterocycles. The van der Waals surface area contributed by atoms with Crippen molar-refractivity contribution < 1.29 is 14.7 Å². The number of aliphatic carboxylic acids is 1. The van der Waals surface area contributed by atoms with E-state index in [4.69, 9.17) is 11.1 Å². The highest BCUT2D eigenvalue weighted by Crippen LogP contribution is 2.47. The number of carboxylic acid groups (broad SMARTS) is 1. The fourth-order valence-corrected chi connectivity index (χ4v) is 4.77. The molecule has 0 saturated heterocycles. The van der Waals surface area contributed by atoms with Gasteiger partial charge in [-0.15, -0.1) is 0 Å². The number of nitrogens with two attached hydrogens (primary N) is 1. The van der Waals surface area contributed by atoms with Gasteiger partial charge < -0.3 is 26.0 Å². The van der Waals surface area contributed by atoms with Crippen molar-refractivity contribution in [2.24, 2.45) is 5.73 Å². The highest BCUT2D eigenvalue weighted by atomic mass is 16.4. The van der Waals surface area contributed by atoms with Gasteiger partial charge >= 0.3 is 5.97 Å². The van der Waals surface area contributed by atoms with Crippen molar-refractivity contribution in [2.45, 2.75) is 32.5 Å². The Kier molecular flexibility index (Phi) is 7.28. The molecule has 2 atom stereocenters. The number of amidine groups is 1. The molecule has 37 heavy (non-hydrogen) atoms. The number of likely N-dealkylation sites (N-methyl/N-ethyl adjacent to an activating group) is 1. The number of hydrogen-bond donors (Lipinski definition) is 4. The van der Waals surface area contributed by atoms with Gasteiger partial charge in [0.25, 0.3) is 0 Å². The summed E-state index contributed by atoms with van der Waals surface area (Å²) >= 11 is 0. The quantitative estimate of drug-likeness (QED) is 0.188. The first kappa shape index (κ1) is 25.5. The van der Waals surface area contributed by atoms with Gasteiger partial charge in [-0.25, -0.2) is 9.78 Å². The van der Waals surface area contributed by atoms with E-state index in [2.05, 4.69) is 15.2 Å². The molecule has 0 radical (unpaired) electrons. The van der Waals surface area contributed by atoms with Crippen LogP contribution in [-0.4, -0.2) is 54.1 Å². The van der Waals surface area contributed by atoms with Crippen molar-refractivity contribution in [1.82, 2.24) is 4.98 Å². The zero-order valence-corrected chi connectivity index (χ0v) is 21.0. The van der Waals surface area contributed by atoms with Crippen molar-refractivity contribution in [1.29, 1.82) is 5.41 Å². The minimum Gasteiger partial charge on any atom is -0.480 e. The maximum atomic E-state index is 12.2. The monoisotopic (exact) mass is 501 g/mol. The van der Waals surface area contributed by atoms with Crippen molar-refractivity contribution in [2.75, 3.05) is 33.6 Å². The van der Waals surface area contributed by atoms with E-state index in [0.717, 1.165) is 29.0 Å². The van der Waals surface area contributed by atoms with Crippen LogP contribution in [0.4, 0.5) is 28.6 Å². The number of fused-ring (bicyclic) bond motifs is 1. The first-order valence-corrected chi connectivity index (χ1v) is 12.0. The molecule has 2 unspecified atom stereocenters. The predicted molar refractivity (Wildman–Crippen MR) is 146 cm³/mol. The molecule has 1 aromatic heterocycles. The van der Waals surface area contributed by atoms with E-state index in [1.165, 1.54) is 4.90 Å². The number of carbonyl (C=O) groups is 2. The molecule has 0 fully saturated rings. The molecule has 10 nitrogen and oxygen atoms in total. The minimum atomic E-state index is -0.943. The molecular formula is C27H31N7O3. The predicted octanol–water partition coefficient (Wildman–Crippen LogP) is 3.39. The Hall–Kier alpha value is -4.60. The highest BCUT2D eigenvalue weighted by Gasteiger charge is 2.41. The second-order valence-corrected chi connectivity index (χ2v) is 8.83. The summed E-state index contributed by atoms with van der Waals surface area (Å²) in [5.74, 6) is -0.456. The number of carboxylic acids is 1. The molecule has 4 rings (SSSR count). The van der Waals surface area contributed by atoms with Crippen molar-refractivity contribution in [3.63, 3.8) is 0 Å². The SMILES string of the molecule is CCc1c(N(C=O)c2ccccn2)ccc2c1N(C(C)C(=O)O)C(CNc1ccc(C(=N)N)cc1)N2C. The molecule has 0 bridgehead atoms. The van der Waals surface area contributed by atoms with Gasteiger partial charge in [-0.05, 0) is 61.9 Å². The van der Waals surface area contributed by atoms with E-state index in [1.54, 1.807) is 37.4 Å².